The van der Waals surface area contributed by atoms with Crippen molar-refractivity contribution < 1.29 is 14.3 Å². The number of piperazine rings is 1. The van der Waals surface area contributed by atoms with Gasteiger partial charge in [-0.1, -0.05) is 6.92 Å². The van der Waals surface area contributed by atoms with Gasteiger partial charge < -0.3 is 9.64 Å². The minimum Gasteiger partial charge on any atom is -0.462 e. The van der Waals surface area contributed by atoms with Crippen molar-refractivity contribution in [3.8, 4) is 5.69 Å². The highest BCUT2D eigenvalue weighted by molar-refractivity contribution is 7.09. The Morgan fingerprint density at radius 2 is 1.82 bits per heavy atom. The molecule has 0 radical (unpaired) electrons. The molecule has 2 aromatic heterocycles. The highest BCUT2D eigenvalue weighted by Gasteiger charge is 2.23. The van der Waals surface area contributed by atoms with E-state index in [9.17, 15) is 9.59 Å². The predicted octanol–water partition coefficient (Wildman–Crippen LogP) is 3.33. The van der Waals surface area contributed by atoms with Crippen molar-refractivity contribution in [2.75, 3.05) is 32.8 Å². The molecule has 0 atom stereocenters. The molecule has 1 fully saturated rings. The van der Waals surface area contributed by atoms with E-state index >= 15 is 0 Å². The lowest BCUT2D eigenvalue weighted by Gasteiger charge is -2.34. The van der Waals surface area contributed by atoms with E-state index < -0.39 is 0 Å². The molecule has 33 heavy (non-hydrogen) atoms. The van der Waals surface area contributed by atoms with Gasteiger partial charge in [0, 0.05) is 43.7 Å². The van der Waals surface area contributed by atoms with Crippen LogP contribution in [0, 0.1) is 6.92 Å². The molecule has 1 aliphatic heterocycles. The Morgan fingerprint density at radius 3 is 2.45 bits per heavy atom. The lowest BCUT2D eigenvalue weighted by molar-refractivity contribution is 0.0525. The molecule has 3 aromatic rings. The fraction of sp³-hybridized carbons (Fsp3) is 0.417. The largest absolute Gasteiger partial charge is 0.462 e. The Bertz CT molecular complexity index is 1110. The molecule has 4 rings (SSSR count). The first-order valence-corrected chi connectivity index (χ1v) is 12.1. The summed E-state index contributed by atoms with van der Waals surface area (Å²) in [6.45, 7) is 9.96. The van der Waals surface area contributed by atoms with Crippen LogP contribution in [-0.4, -0.2) is 69.2 Å². The molecule has 3 heterocycles. The topological polar surface area (TPSA) is 80.6 Å². The maximum Gasteiger partial charge on any atom is 0.341 e. The van der Waals surface area contributed by atoms with Gasteiger partial charge in [0.15, 0.2) is 0 Å². The summed E-state index contributed by atoms with van der Waals surface area (Å²) < 4.78 is 6.76. The average molecular weight is 468 g/mol. The van der Waals surface area contributed by atoms with E-state index in [1.165, 1.54) is 11.2 Å². The number of hydrogen-bond acceptors (Lipinski definition) is 7. The van der Waals surface area contributed by atoms with Gasteiger partial charge in [0.25, 0.3) is 5.91 Å². The smallest absolute Gasteiger partial charge is 0.341 e. The molecular weight excluding hydrogens is 438 g/mol. The van der Waals surface area contributed by atoms with Crippen LogP contribution >= 0.6 is 11.3 Å². The predicted molar refractivity (Wildman–Crippen MR) is 127 cm³/mol. The van der Waals surface area contributed by atoms with Gasteiger partial charge in [-0.15, -0.1) is 11.3 Å². The van der Waals surface area contributed by atoms with Crippen molar-refractivity contribution in [1.29, 1.82) is 0 Å². The zero-order valence-electron chi connectivity index (χ0n) is 19.3. The molecule has 0 saturated carbocycles. The SMILES string of the molecule is CCOC(=O)c1cnn(-c2ccc(C(=O)N3CCN(Cc4csc(CC)n4)CC3)cc2)c1C. The van der Waals surface area contributed by atoms with Gasteiger partial charge in [-0.2, -0.15) is 5.10 Å². The lowest BCUT2D eigenvalue weighted by Crippen LogP contribution is -2.48. The van der Waals surface area contributed by atoms with Crippen LogP contribution in [-0.2, 0) is 17.7 Å². The van der Waals surface area contributed by atoms with Crippen LogP contribution in [0.2, 0.25) is 0 Å². The number of carbonyl (C=O) groups is 2. The molecule has 1 amide bonds. The second kappa shape index (κ2) is 10.3. The summed E-state index contributed by atoms with van der Waals surface area (Å²) in [4.78, 5) is 33.9. The summed E-state index contributed by atoms with van der Waals surface area (Å²) in [6, 6.07) is 7.34. The van der Waals surface area contributed by atoms with Crippen molar-refractivity contribution in [2.24, 2.45) is 0 Å². The molecule has 0 spiro atoms. The van der Waals surface area contributed by atoms with E-state index in [1.54, 1.807) is 22.9 Å². The number of thiazole rings is 1. The van der Waals surface area contributed by atoms with Crippen LogP contribution in [0.15, 0.2) is 35.8 Å². The third-order valence-corrected chi connectivity index (χ3v) is 6.85. The van der Waals surface area contributed by atoms with Crippen molar-refractivity contribution in [3.05, 3.63) is 63.4 Å². The summed E-state index contributed by atoms with van der Waals surface area (Å²) in [5.41, 5.74) is 3.70. The molecule has 9 heteroatoms. The number of nitrogens with zero attached hydrogens (tertiary/aromatic N) is 5. The van der Waals surface area contributed by atoms with E-state index in [1.807, 2.05) is 36.1 Å². The second-order valence-corrected chi connectivity index (χ2v) is 8.92. The molecule has 0 N–H and O–H groups in total. The van der Waals surface area contributed by atoms with Gasteiger partial charge in [-0.25, -0.2) is 14.5 Å². The van der Waals surface area contributed by atoms with Crippen molar-refractivity contribution in [2.45, 2.75) is 33.7 Å². The molecule has 0 unspecified atom stereocenters. The second-order valence-electron chi connectivity index (χ2n) is 7.98. The van der Waals surface area contributed by atoms with Crippen LogP contribution in [0.25, 0.3) is 5.69 Å². The molecule has 1 aliphatic rings. The van der Waals surface area contributed by atoms with Crippen molar-refractivity contribution in [3.63, 3.8) is 0 Å². The van der Waals surface area contributed by atoms with Gasteiger partial charge in [0.2, 0.25) is 0 Å². The van der Waals surface area contributed by atoms with Crippen LogP contribution in [0.3, 0.4) is 0 Å². The highest BCUT2D eigenvalue weighted by atomic mass is 32.1. The monoisotopic (exact) mass is 467 g/mol. The number of hydrogen-bond donors (Lipinski definition) is 0. The van der Waals surface area contributed by atoms with Gasteiger partial charge in [-0.3, -0.25) is 9.69 Å². The number of aryl methyl sites for hydroxylation is 1. The summed E-state index contributed by atoms with van der Waals surface area (Å²) >= 11 is 1.71. The zero-order chi connectivity index (χ0) is 23.4. The molecular formula is C24H29N5O3S. The van der Waals surface area contributed by atoms with E-state index in [0.29, 0.717) is 36.5 Å². The number of esters is 1. The van der Waals surface area contributed by atoms with Gasteiger partial charge in [0.05, 0.1) is 34.9 Å². The first kappa shape index (κ1) is 23.1. The van der Waals surface area contributed by atoms with Crippen LogP contribution in [0.4, 0.5) is 0 Å². The van der Waals surface area contributed by atoms with E-state index in [4.69, 9.17) is 4.74 Å². The Morgan fingerprint density at radius 1 is 1.09 bits per heavy atom. The Balaban J connectivity index is 1.36. The minimum absolute atomic E-state index is 0.0347. The number of rotatable bonds is 7. The van der Waals surface area contributed by atoms with E-state index in [2.05, 4.69) is 27.3 Å². The number of ether oxygens (including phenoxy) is 1. The Kier molecular flexibility index (Phi) is 7.20. The third kappa shape index (κ3) is 5.15. The quantitative estimate of drug-likeness (QED) is 0.496. The standard InChI is InChI=1S/C24H29N5O3S/c1-4-22-26-19(16-33-22)15-27-10-12-28(13-11-27)23(30)18-6-8-20(9-7-18)29-17(3)21(14-25-29)24(31)32-5-2/h6-9,14,16H,4-5,10-13,15H2,1-3H3. The third-order valence-electron chi connectivity index (χ3n) is 5.81. The summed E-state index contributed by atoms with van der Waals surface area (Å²) in [7, 11) is 0. The number of amides is 1. The average Bonchev–Trinajstić information content (AvgIpc) is 3.45. The molecule has 8 nitrogen and oxygen atoms in total. The molecule has 1 aromatic carbocycles. The van der Waals surface area contributed by atoms with Crippen LogP contribution in [0.1, 0.15) is 51.0 Å². The fourth-order valence-corrected chi connectivity index (χ4v) is 4.66. The van der Waals surface area contributed by atoms with Gasteiger partial charge in [-0.05, 0) is 44.5 Å². The number of carbonyl (C=O) groups excluding carboxylic acids is 2. The van der Waals surface area contributed by atoms with E-state index in [-0.39, 0.29) is 11.9 Å². The maximum atomic E-state index is 13.0. The molecule has 0 bridgehead atoms. The Hall–Kier alpha value is -3.04. The lowest BCUT2D eigenvalue weighted by atomic mass is 10.1. The van der Waals surface area contributed by atoms with Crippen LogP contribution < -0.4 is 0 Å². The maximum absolute atomic E-state index is 13.0. The minimum atomic E-state index is -0.382. The highest BCUT2D eigenvalue weighted by Crippen LogP contribution is 2.18. The number of benzene rings is 1. The normalized spacial score (nSPS) is 14.5. The van der Waals surface area contributed by atoms with Crippen molar-refractivity contribution >= 4 is 23.2 Å². The molecule has 1 saturated heterocycles. The first-order valence-electron chi connectivity index (χ1n) is 11.3. The Labute approximate surface area is 197 Å². The fourth-order valence-electron chi connectivity index (χ4n) is 3.93. The molecule has 0 aliphatic carbocycles. The summed E-state index contributed by atoms with van der Waals surface area (Å²) in [5.74, 6) is -0.347. The molecule has 174 valence electrons. The van der Waals surface area contributed by atoms with Crippen LogP contribution in [0.5, 0.6) is 0 Å². The zero-order valence-corrected chi connectivity index (χ0v) is 20.1. The van der Waals surface area contributed by atoms with E-state index in [0.717, 1.165) is 37.4 Å². The summed E-state index contributed by atoms with van der Waals surface area (Å²) in [5, 5.41) is 7.62. The summed E-state index contributed by atoms with van der Waals surface area (Å²) in [6.07, 6.45) is 2.48. The van der Waals surface area contributed by atoms with Gasteiger partial charge in [0.1, 0.15) is 5.56 Å². The first-order chi connectivity index (χ1) is 16.0. The van der Waals surface area contributed by atoms with Gasteiger partial charge >= 0.3 is 5.97 Å². The number of aromatic nitrogens is 3. The van der Waals surface area contributed by atoms with Crippen molar-refractivity contribution in [1.82, 2.24) is 24.6 Å².